The van der Waals surface area contributed by atoms with Crippen molar-refractivity contribution in [2.24, 2.45) is 5.92 Å². The summed E-state index contributed by atoms with van der Waals surface area (Å²) >= 11 is 6.10. The van der Waals surface area contributed by atoms with E-state index in [9.17, 15) is 5.11 Å². The molecule has 0 aromatic heterocycles. The predicted octanol–water partition coefficient (Wildman–Crippen LogP) is 5.29. The van der Waals surface area contributed by atoms with Gasteiger partial charge in [0.25, 0.3) is 0 Å². The SMILES string of the molecule is CCCCC(CC)CC(O)c1cccc(Cl)c1C. The summed E-state index contributed by atoms with van der Waals surface area (Å²) in [6, 6.07) is 5.78. The van der Waals surface area contributed by atoms with Crippen LogP contribution in [0.2, 0.25) is 5.02 Å². The van der Waals surface area contributed by atoms with Gasteiger partial charge in [0, 0.05) is 5.02 Å². The Morgan fingerprint density at radius 2 is 2.00 bits per heavy atom. The number of rotatable bonds is 7. The van der Waals surface area contributed by atoms with Crippen LogP contribution in [-0.4, -0.2) is 5.11 Å². The molecule has 2 unspecified atom stereocenters. The van der Waals surface area contributed by atoms with Crippen molar-refractivity contribution in [1.82, 2.24) is 0 Å². The Kier molecular flexibility index (Phi) is 6.73. The Hall–Kier alpha value is -0.530. The Balaban J connectivity index is 2.68. The van der Waals surface area contributed by atoms with E-state index in [1.807, 2.05) is 25.1 Å². The lowest BCUT2D eigenvalue weighted by atomic mass is 9.89. The molecule has 0 fully saturated rings. The topological polar surface area (TPSA) is 20.2 Å². The molecule has 0 saturated heterocycles. The van der Waals surface area contributed by atoms with Crippen LogP contribution in [-0.2, 0) is 0 Å². The van der Waals surface area contributed by atoms with E-state index in [0.29, 0.717) is 5.92 Å². The molecular weight excluding hydrogens is 244 g/mol. The molecule has 0 aliphatic heterocycles. The maximum Gasteiger partial charge on any atom is 0.0795 e. The number of hydrogen-bond donors (Lipinski definition) is 1. The van der Waals surface area contributed by atoms with E-state index in [4.69, 9.17) is 11.6 Å². The van der Waals surface area contributed by atoms with E-state index in [1.54, 1.807) is 0 Å². The summed E-state index contributed by atoms with van der Waals surface area (Å²) in [6.07, 6.45) is 5.28. The fraction of sp³-hybridized carbons (Fsp3) is 0.625. The lowest BCUT2D eigenvalue weighted by Gasteiger charge is -2.20. The molecule has 1 N–H and O–H groups in total. The van der Waals surface area contributed by atoms with Crippen LogP contribution in [0.5, 0.6) is 0 Å². The third kappa shape index (κ3) is 4.29. The molecule has 2 heteroatoms. The highest BCUT2D eigenvalue weighted by atomic mass is 35.5. The van der Waals surface area contributed by atoms with Gasteiger partial charge in [-0.25, -0.2) is 0 Å². The molecule has 1 aromatic carbocycles. The van der Waals surface area contributed by atoms with Crippen molar-refractivity contribution in [3.63, 3.8) is 0 Å². The molecule has 0 aliphatic rings. The summed E-state index contributed by atoms with van der Waals surface area (Å²) in [4.78, 5) is 0. The van der Waals surface area contributed by atoms with Gasteiger partial charge in [-0.15, -0.1) is 0 Å². The molecule has 2 atom stereocenters. The van der Waals surface area contributed by atoms with Crippen LogP contribution in [0.1, 0.15) is 63.2 Å². The van der Waals surface area contributed by atoms with E-state index in [1.165, 1.54) is 19.3 Å². The van der Waals surface area contributed by atoms with Gasteiger partial charge in [-0.2, -0.15) is 0 Å². The molecule has 0 spiro atoms. The number of aliphatic hydroxyl groups excluding tert-OH is 1. The summed E-state index contributed by atoms with van der Waals surface area (Å²) in [5.74, 6) is 0.610. The van der Waals surface area contributed by atoms with Gasteiger partial charge in [0.05, 0.1) is 6.10 Å². The summed E-state index contributed by atoms with van der Waals surface area (Å²) in [6.45, 7) is 6.40. The minimum atomic E-state index is -0.384. The molecule has 0 saturated carbocycles. The highest BCUT2D eigenvalue weighted by Crippen LogP contribution is 2.30. The van der Waals surface area contributed by atoms with Crippen molar-refractivity contribution in [3.05, 3.63) is 34.3 Å². The van der Waals surface area contributed by atoms with Crippen molar-refractivity contribution >= 4 is 11.6 Å². The number of unbranched alkanes of at least 4 members (excludes halogenated alkanes) is 1. The number of halogens is 1. The molecule has 1 nitrogen and oxygen atoms in total. The van der Waals surface area contributed by atoms with Gasteiger partial charge in [0.2, 0.25) is 0 Å². The first kappa shape index (κ1) is 15.5. The fourth-order valence-corrected chi connectivity index (χ4v) is 2.59. The first-order valence-electron chi connectivity index (χ1n) is 7.03. The standard InChI is InChI=1S/C16H25ClO/c1-4-6-8-13(5-2)11-16(18)14-9-7-10-15(17)12(14)3/h7,9-10,13,16,18H,4-6,8,11H2,1-3H3. The molecule has 0 amide bonds. The zero-order valence-electron chi connectivity index (χ0n) is 11.7. The van der Waals surface area contributed by atoms with Crippen molar-refractivity contribution < 1.29 is 5.11 Å². The van der Waals surface area contributed by atoms with E-state index >= 15 is 0 Å². The first-order chi connectivity index (χ1) is 8.60. The molecular formula is C16H25ClO. The second-order valence-electron chi connectivity index (χ2n) is 5.12. The Morgan fingerprint density at radius 3 is 2.61 bits per heavy atom. The average molecular weight is 269 g/mol. The van der Waals surface area contributed by atoms with Crippen LogP contribution in [0, 0.1) is 12.8 Å². The van der Waals surface area contributed by atoms with Gasteiger partial charge in [-0.1, -0.05) is 63.3 Å². The minimum Gasteiger partial charge on any atom is -0.388 e. The first-order valence-corrected chi connectivity index (χ1v) is 7.41. The lowest BCUT2D eigenvalue weighted by Crippen LogP contribution is -2.08. The van der Waals surface area contributed by atoms with Crippen molar-refractivity contribution in [2.45, 2.75) is 59.0 Å². The molecule has 18 heavy (non-hydrogen) atoms. The smallest absolute Gasteiger partial charge is 0.0795 e. The van der Waals surface area contributed by atoms with Crippen LogP contribution < -0.4 is 0 Å². The van der Waals surface area contributed by atoms with E-state index in [0.717, 1.165) is 29.0 Å². The van der Waals surface area contributed by atoms with Gasteiger partial charge in [-0.05, 0) is 36.5 Å². The van der Waals surface area contributed by atoms with E-state index < -0.39 is 0 Å². The van der Waals surface area contributed by atoms with Crippen molar-refractivity contribution in [2.75, 3.05) is 0 Å². The molecule has 0 radical (unpaired) electrons. The van der Waals surface area contributed by atoms with E-state index in [-0.39, 0.29) is 6.10 Å². The van der Waals surface area contributed by atoms with Crippen LogP contribution in [0.3, 0.4) is 0 Å². The molecule has 1 rings (SSSR count). The zero-order chi connectivity index (χ0) is 13.5. The highest BCUT2D eigenvalue weighted by Gasteiger charge is 2.16. The highest BCUT2D eigenvalue weighted by molar-refractivity contribution is 6.31. The Labute approximate surface area is 116 Å². The van der Waals surface area contributed by atoms with Gasteiger partial charge >= 0.3 is 0 Å². The lowest BCUT2D eigenvalue weighted by molar-refractivity contribution is 0.138. The fourth-order valence-electron chi connectivity index (χ4n) is 2.41. The normalized spacial score (nSPS) is 14.5. The molecule has 0 bridgehead atoms. The van der Waals surface area contributed by atoms with Crippen LogP contribution >= 0.6 is 11.6 Å². The van der Waals surface area contributed by atoms with Gasteiger partial charge < -0.3 is 5.11 Å². The van der Waals surface area contributed by atoms with Crippen LogP contribution in [0.15, 0.2) is 18.2 Å². The molecule has 102 valence electrons. The number of hydrogen-bond acceptors (Lipinski definition) is 1. The minimum absolute atomic E-state index is 0.384. The van der Waals surface area contributed by atoms with Crippen molar-refractivity contribution in [3.8, 4) is 0 Å². The Bertz CT molecular complexity index is 362. The average Bonchev–Trinajstić information content (AvgIpc) is 2.37. The van der Waals surface area contributed by atoms with Gasteiger partial charge in [0.1, 0.15) is 0 Å². The largest absolute Gasteiger partial charge is 0.388 e. The third-order valence-electron chi connectivity index (χ3n) is 3.77. The van der Waals surface area contributed by atoms with Crippen molar-refractivity contribution in [1.29, 1.82) is 0 Å². The maximum atomic E-state index is 10.4. The second-order valence-corrected chi connectivity index (χ2v) is 5.53. The zero-order valence-corrected chi connectivity index (χ0v) is 12.5. The number of benzene rings is 1. The van der Waals surface area contributed by atoms with Crippen LogP contribution in [0.25, 0.3) is 0 Å². The van der Waals surface area contributed by atoms with Gasteiger partial charge in [0.15, 0.2) is 0 Å². The quantitative estimate of drug-likeness (QED) is 0.712. The molecule has 0 heterocycles. The summed E-state index contributed by atoms with van der Waals surface area (Å²) in [5.41, 5.74) is 1.99. The third-order valence-corrected chi connectivity index (χ3v) is 4.18. The van der Waals surface area contributed by atoms with Crippen LogP contribution in [0.4, 0.5) is 0 Å². The second kappa shape index (κ2) is 7.81. The molecule has 0 aliphatic carbocycles. The maximum absolute atomic E-state index is 10.4. The predicted molar refractivity (Wildman–Crippen MR) is 79.1 cm³/mol. The summed E-state index contributed by atoms with van der Waals surface area (Å²) in [5, 5.41) is 11.1. The monoisotopic (exact) mass is 268 g/mol. The summed E-state index contributed by atoms with van der Waals surface area (Å²) < 4.78 is 0. The van der Waals surface area contributed by atoms with E-state index in [2.05, 4.69) is 13.8 Å². The molecule has 1 aromatic rings. The number of aliphatic hydroxyl groups is 1. The Morgan fingerprint density at radius 1 is 1.28 bits per heavy atom. The van der Waals surface area contributed by atoms with Gasteiger partial charge in [-0.3, -0.25) is 0 Å². The summed E-state index contributed by atoms with van der Waals surface area (Å²) in [7, 11) is 0.